The molecule has 3 N–H and O–H groups in total. The van der Waals surface area contributed by atoms with Crippen LogP contribution in [0.1, 0.15) is 13.3 Å². The number of hydrogen-bond acceptors (Lipinski definition) is 8. The Labute approximate surface area is 201 Å². The van der Waals surface area contributed by atoms with Crippen molar-refractivity contribution in [2.24, 2.45) is 26.4 Å². The number of aromatic nitrogens is 1. The zero-order valence-corrected chi connectivity index (χ0v) is 19.6. The summed E-state index contributed by atoms with van der Waals surface area (Å²) in [5.41, 5.74) is 2.24. The summed E-state index contributed by atoms with van der Waals surface area (Å²) < 4.78 is 39.5. The maximum atomic E-state index is 12.0. The molecule has 0 aliphatic heterocycles. The number of ether oxygens (including phenoxy) is 1. The highest BCUT2D eigenvalue weighted by Gasteiger charge is 2.20. The van der Waals surface area contributed by atoms with Gasteiger partial charge in [-0.25, -0.2) is 0 Å². The number of nitrogens with zero attached hydrogens (tertiary/aromatic N) is 5. The van der Waals surface area contributed by atoms with Crippen molar-refractivity contribution >= 4 is 38.0 Å². The van der Waals surface area contributed by atoms with Gasteiger partial charge in [-0.15, -0.1) is 15.3 Å². The Bertz CT molecular complexity index is 1520. The van der Waals surface area contributed by atoms with Crippen LogP contribution in [-0.2, 0) is 10.1 Å². The average molecular weight is 491 g/mol. The highest BCUT2D eigenvalue weighted by Crippen LogP contribution is 2.41. The molecular formula is C24H22N6O4S. The van der Waals surface area contributed by atoms with E-state index in [1.807, 2.05) is 31.2 Å². The molecule has 0 atom stereocenters. The number of benzene rings is 3. The van der Waals surface area contributed by atoms with Crippen LogP contribution < -0.4 is 10.6 Å². The van der Waals surface area contributed by atoms with E-state index in [0.717, 1.165) is 17.7 Å². The van der Waals surface area contributed by atoms with Crippen molar-refractivity contribution in [1.82, 2.24) is 4.98 Å². The Hall–Kier alpha value is -4.22. The molecule has 0 fully saturated rings. The van der Waals surface area contributed by atoms with Crippen molar-refractivity contribution in [3.63, 3.8) is 0 Å². The van der Waals surface area contributed by atoms with E-state index in [2.05, 4.69) is 25.5 Å². The van der Waals surface area contributed by atoms with Gasteiger partial charge >= 0.3 is 0 Å². The van der Waals surface area contributed by atoms with Crippen LogP contribution in [-0.4, -0.2) is 24.6 Å². The van der Waals surface area contributed by atoms with Crippen LogP contribution in [0.5, 0.6) is 5.75 Å². The number of rotatable bonds is 8. The summed E-state index contributed by atoms with van der Waals surface area (Å²) >= 11 is 0. The van der Waals surface area contributed by atoms with Gasteiger partial charge in [0.05, 0.1) is 18.5 Å². The summed E-state index contributed by atoms with van der Waals surface area (Å²) in [7, 11) is -4.54. The predicted octanol–water partition coefficient (Wildman–Crippen LogP) is 6.31. The van der Waals surface area contributed by atoms with Gasteiger partial charge in [-0.3, -0.25) is 9.54 Å². The molecule has 1 aromatic heterocycles. The Morgan fingerprint density at radius 2 is 1.71 bits per heavy atom. The van der Waals surface area contributed by atoms with Gasteiger partial charge in [-0.05, 0) is 36.8 Å². The number of azo groups is 1. The van der Waals surface area contributed by atoms with E-state index >= 15 is 0 Å². The van der Waals surface area contributed by atoms with Crippen LogP contribution in [0.25, 0.3) is 22.0 Å². The minimum absolute atomic E-state index is 0.0629. The number of para-hydroxylation sites is 1. The molecule has 0 saturated heterocycles. The molecule has 0 radical (unpaired) electrons. The van der Waals surface area contributed by atoms with Crippen molar-refractivity contribution in [3.05, 3.63) is 72.9 Å². The smallest absolute Gasteiger partial charge is 0.295 e. The van der Waals surface area contributed by atoms with Gasteiger partial charge in [0.2, 0.25) is 0 Å². The van der Waals surface area contributed by atoms with Crippen molar-refractivity contribution in [2.45, 2.75) is 18.2 Å². The van der Waals surface area contributed by atoms with Crippen LogP contribution in [0.4, 0.5) is 17.1 Å². The monoisotopic (exact) mass is 490 g/mol. The van der Waals surface area contributed by atoms with Crippen molar-refractivity contribution in [2.75, 3.05) is 6.61 Å². The molecule has 11 heteroatoms. The van der Waals surface area contributed by atoms with E-state index in [4.69, 9.17) is 10.6 Å². The third-order valence-corrected chi connectivity index (χ3v) is 5.93. The van der Waals surface area contributed by atoms with E-state index in [1.54, 1.807) is 36.4 Å². The Balaban J connectivity index is 1.72. The summed E-state index contributed by atoms with van der Waals surface area (Å²) in [5, 5.41) is 16.2. The minimum atomic E-state index is -4.54. The molecule has 4 aromatic rings. The Morgan fingerprint density at radius 3 is 2.40 bits per heavy atom. The summed E-state index contributed by atoms with van der Waals surface area (Å²) in [6.45, 7) is 2.64. The molecule has 35 heavy (non-hydrogen) atoms. The van der Waals surface area contributed by atoms with Gasteiger partial charge in [-0.2, -0.15) is 8.42 Å². The Kier molecular flexibility index (Phi) is 7.09. The quantitative estimate of drug-likeness (QED) is 0.128. The van der Waals surface area contributed by atoms with Gasteiger partial charge in [0, 0.05) is 16.3 Å². The first-order valence-electron chi connectivity index (χ1n) is 10.7. The lowest BCUT2D eigenvalue weighted by atomic mass is 10.1. The van der Waals surface area contributed by atoms with E-state index in [9.17, 15) is 13.0 Å². The molecule has 1 heterocycles. The summed E-state index contributed by atoms with van der Waals surface area (Å²) in [6.07, 6.45) is 2.42. The van der Waals surface area contributed by atoms with Crippen molar-refractivity contribution < 1.29 is 17.7 Å². The second-order valence-electron chi connectivity index (χ2n) is 7.42. The second kappa shape index (κ2) is 10.4. The fourth-order valence-corrected chi connectivity index (χ4v) is 4.21. The highest BCUT2D eigenvalue weighted by molar-refractivity contribution is 7.86. The SMILES string of the molecule is CCCOc1ccccc1-c1ccc(/N=N/c2cc(S(=O)(=O)O)c3ccccc3c2N=NN)cn1. The van der Waals surface area contributed by atoms with E-state index < -0.39 is 10.1 Å². The first-order valence-corrected chi connectivity index (χ1v) is 12.1. The number of fused-ring (bicyclic) bond motifs is 1. The van der Waals surface area contributed by atoms with E-state index in [0.29, 0.717) is 23.4 Å². The molecule has 4 rings (SSSR count). The van der Waals surface area contributed by atoms with E-state index in [-0.39, 0.29) is 21.7 Å². The fraction of sp³-hybridized carbons (Fsp3) is 0.125. The molecule has 0 amide bonds. The van der Waals surface area contributed by atoms with Crippen LogP contribution in [0.3, 0.4) is 0 Å². The summed E-state index contributed by atoms with van der Waals surface area (Å²) in [4.78, 5) is 4.14. The lowest BCUT2D eigenvalue weighted by Gasteiger charge is -2.10. The number of hydrogen-bond donors (Lipinski definition) is 2. The summed E-state index contributed by atoms with van der Waals surface area (Å²) in [6, 6.07) is 18.8. The van der Waals surface area contributed by atoms with Crippen LogP contribution >= 0.6 is 0 Å². The first-order chi connectivity index (χ1) is 16.9. The van der Waals surface area contributed by atoms with Gasteiger partial charge in [0.25, 0.3) is 10.1 Å². The molecule has 178 valence electrons. The lowest BCUT2D eigenvalue weighted by molar-refractivity contribution is 0.318. The average Bonchev–Trinajstić information content (AvgIpc) is 2.87. The predicted molar refractivity (Wildman–Crippen MR) is 132 cm³/mol. The largest absolute Gasteiger partial charge is 0.493 e. The Morgan fingerprint density at radius 1 is 0.971 bits per heavy atom. The third kappa shape index (κ3) is 5.31. The van der Waals surface area contributed by atoms with Crippen LogP contribution in [0, 0.1) is 0 Å². The minimum Gasteiger partial charge on any atom is -0.493 e. The molecule has 0 saturated carbocycles. The molecule has 10 nitrogen and oxygen atoms in total. The zero-order chi connectivity index (χ0) is 24.8. The van der Waals surface area contributed by atoms with Gasteiger partial charge in [-0.1, -0.05) is 48.5 Å². The second-order valence-corrected chi connectivity index (χ2v) is 8.81. The molecule has 0 aliphatic rings. The van der Waals surface area contributed by atoms with Gasteiger partial charge < -0.3 is 10.6 Å². The van der Waals surface area contributed by atoms with Crippen molar-refractivity contribution in [1.29, 1.82) is 0 Å². The maximum Gasteiger partial charge on any atom is 0.295 e. The van der Waals surface area contributed by atoms with Crippen LogP contribution in [0.15, 0.2) is 98.4 Å². The van der Waals surface area contributed by atoms with Gasteiger partial charge in [0.15, 0.2) is 0 Å². The molecule has 0 bridgehead atoms. The standard InChI is InChI=1S/C24H22N6O4S/c1-2-13-34-22-10-6-5-9-19(22)20-12-11-16(15-26-20)27-28-21-14-23(35(31,32)33)17-7-3-4-8-18(17)24(21)29-30-25/h3-12,14-15H,2,13H2,1H3,(H2,25,29)(H,31,32,33)/b28-27+. The molecule has 0 spiro atoms. The maximum absolute atomic E-state index is 12.0. The molecule has 0 unspecified atom stereocenters. The third-order valence-electron chi connectivity index (χ3n) is 5.04. The molecule has 3 aromatic carbocycles. The van der Waals surface area contributed by atoms with Crippen molar-refractivity contribution in [3.8, 4) is 17.0 Å². The lowest BCUT2D eigenvalue weighted by Crippen LogP contribution is -1.99. The topological polar surface area (TPSA) is 152 Å². The number of nitrogens with two attached hydrogens (primary N) is 1. The normalized spacial score (nSPS) is 12.1. The summed E-state index contributed by atoms with van der Waals surface area (Å²) in [5.74, 6) is 6.00. The van der Waals surface area contributed by atoms with E-state index in [1.165, 1.54) is 12.3 Å². The van der Waals surface area contributed by atoms with Crippen LogP contribution in [0.2, 0.25) is 0 Å². The molecular weight excluding hydrogens is 468 g/mol. The molecule has 0 aliphatic carbocycles. The first kappa shape index (κ1) is 23.9. The fourth-order valence-electron chi connectivity index (χ4n) is 3.50. The number of pyridine rings is 1. The zero-order valence-electron chi connectivity index (χ0n) is 18.7. The highest BCUT2D eigenvalue weighted by atomic mass is 32.2. The van der Waals surface area contributed by atoms with Gasteiger partial charge in [0.1, 0.15) is 27.7 Å².